The molecule has 17 heavy (non-hydrogen) atoms. The summed E-state index contributed by atoms with van der Waals surface area (Å²) in [5.74, 6) is -3.21. The fourth-order valence-electron chi connectivity index (χ4n) is 1.34. The summed E-state index contributed by atoms with van der Waals surface area (Å²) in [5.41, 5.74) is 4.06. The molecule has 0 spiro atoms. The van der Waals surface area contributed by atoms with Crippen LogP contribution in [0.2, 0.25) is 0 Å². The molecule has 0 aromatic heterocycles. The number of carbonyl (C=O) groups is 2. The number of carboxylic acid groups (broad SMARTS) is 2. The normalized spacial score (nSPS) is 12.4. The highest BCUT2D eigenvalue weighted by molar-refractivity contribution is 7.85. The number of carboxylic acids is 2. The summed E-state index contributed by atoms with van der Waals surface area (Å²) in [5, 5.41) is 16.9. The van der Waals surface area contributed by atoms with Crippen molar-refractivity contribution in [1.29, 1.82) is 0 Å². The van der Waals surface area contributed by atoms with Crippen molar-refractivity contribution in [1.82, 2.24) is 0 Å². The average molecular weight is 269 g/mol. The summed E-state index contributed by atoms with van der Waals surface area (Å²) >= 11 is 0. The van der Waals surface area contributed by atoms with Crippen LogP contribution in [-0.2, 0) is 19.7 Å². The molecule has 0 amide bonds. The van der Waals surface area contributed by atoms with Crippen molar-refractivity contribution in [3.8, 4) is 0 Å². The van der Waals surface area contributed by atoms with Gasteiger partial charge in [0.2, 0.25) is 0 Å². The SMILES string of the molecule is NC(CCC(=O)O)(CCC(=O)O)CS(=O)(=O)O. The minimum absolute atomic E-state index is 0.227. The zero-order chi connectivity index (χ0) is 13.7. The highest BCUT2D eigenvalue weighted by Gasteiger charge is 2.31. The molecule has 0 radical (unpaired) electrons. The van der Waals surface area contributed by atoms with E-state index in [1.54, 1.807) is 0 Å². The van der Waals surface area contributed by atoms with Crippen LogP contribution in [0.3, 0.4) is 0 Å². The van der Waals surface area contributed by atoms with Gasteiger partial charge in [0.1, 0.15) is 0 Å². The van der Waals surface area contributed by atoms with E-state index in [2.05, 4.69) is 0 Å². The van der Waals surface area contributed by atoms with Gasteiger partial charge in [0.15, 0.2) is 0 Å². The fourth-order valence-corrected chi connectivity index (χ4v) is 2.36. The van der Waals surface area contributed by atoms with E-state index in [1.165, 1.54) is 0 Å². The third-order valence-corrected chi connectivity index (χ3v) is 3.08. The van der Waals surface area contributed by atoms with Crippen LogP contribution in [0.5, 0.6) is 0 Å². The molecule has 5 N–H and O–H groups in total. The van der Waals surface area contributed by atoms with Gasteiger partial charge in [-0.15, -0.1) is 0 Å². The third-order valence-electron chi connectivity index (χ3n) is 2.14. The molecule has 100 valence electrons. The molecule has 0 fully saturated rings. The van der Waals surface area contributed by atoms with Gasteiger partial charge in [-0.1, -0.05) is 0 Å². The van der Waals surface area contributed by atoms with E-state index in [0.717, 1.165) is 0 Å². The van der Waals surface area contributed by atoms with Crippen molar-refractivity contribution in [3.63, 3.8) is 0 Å². The Labute approximate surface area is 98.2 Å². The molecular formula is C8H15NO7S. The first-order chi connectivity index (χ1) is 7.54. The Kier molecular flexibility index (Phi) is 5.52. The van der Waals surface area contributed by atoms with Crippen molar-refractivity contribution in [2.24, 2.45) is 5.73 Å². The van der Waals surface area contributed by atoms with Crippen LogP contribution in [0.25, 0.3) is 0 Å². The Hall–Kier alpha value is -1.19. The van der Waals surface area contributed by atoms with Crippen molar-refractivity contribution in [2.75, 3.05) is 5.75 Å². The Morgan fingerprint density at radius 2 is 1.41 bits per heavy atom. The fraction of sp³-hybridized carbons (Fsp3) is 0.750. The topological polar surface area (TPSA) is 155 Å². The Morgan fingerprint density at radius 1 is 1.06 bits per heavy atom. The van der Waals surface area contributed by atoms with Crippen molar-refractivity contribution in [3.05, 3.63) is 0 Å². The molecule has 0 saturated carbocycles. The summed E-state index contributed by atoms with van der Waals surface area (Å²) in [6.07, 6.45) is -1.25. The number of rotatable bonds is 8. The molecule has 0 unspecified atom stereocenters. The molecular weight excluding hydrogens is 254 g/mol. The minimum Gasteiger partial charge on any atom is -0.481 e. The van der Waals surface area contributed by atoms with Crippen molar-refractivity contribution in [2.45, 2.75) is 31.2 Å². The lowest BCUT2D eigenvalue weighted by atomic mass is 9.91. The molecule has 0 atom stereocenters. The number of aliphatic carboxylic acids is 2. The predicted molar refractivity (Wildman–Crippen MR) is 57.1 cm³/mol. The van der Waals surface area contributed by atoms with Gasteiger partial charge in [-0.3, -0.25) is 14.1 Å². The van der Waals surface area contributed by atoms with E-state index in [1.807, 2.05) is 0 Å². The number of hydrogen-bond acceptors (Lipinski definition) is 5. The summed E-state index contributed by atoms with van der Waals surface area (Å²) in [4.78, 5) is 20.7. The van der Waals surface area contributed by atoms with Crippen molar-refractivity contribution < 1.29 is 32.8 Å². The van der Waals surface area contributed by atoms with Gasteiger partial charge in [-0.25, -0.2) is 0 Å². The largest absolute Gasteiger partial charge is 0.481 e. The van der Waals surface area contributed by atoms with Crippen LogP contribution < -0.4 is 5.73 Å². The van der Waals surface area contributed by atoms with Gasteiger partial charge in [-0.05, 0) is 12.8 Å². The molecule has 0 heterocycles. The van der Waals surface area contributed by atoms with Crippen molar-refractivity contribution >= 4 is 22.1 Å². The monoisotopic (exact) mass is 269 g/mol. The summed E-state index contributed by atoms with van der Waals surface area (Å²) in [6.45, 7) is 0. The molecule has 0 aromatic carbocycles. The van der Waals surface area contributed by atoms with Crippen LogP contribution in [0, 0.1) is 0 Å². The molecule has 0 aliphatic rings. The van der Waals surface area contributed by atoms with E-state index in [0.29, 0.717) is 0 Å². The molecule has 8 nitrogen and oxygen atoms in total. The number of hydrogen-bond donors (Lipinski definition) is 4. The van der Waals surface area contributed by atoms with E-state index in [9.17, 15) is 18.0 Å². The van der Waals surface area contributed by atoms with Gasteiger partial charge in [0.25, 0.3) is 10.1 Å². The van der Waals surface area contributed by atoms with Crippen LogP contribution in [0.15, 0.2) is 0 Å². The first kappa shape index (κ1) is 15.8. The highest BCUT2D eigenvalue weighted by atomic mass is 32.2. The van der Waals surface area contributed by atoms with Gasteiger partial charge < -0.3 is 15.9 Å². The van der Waals surface area contributed by atoms with Crippen LogP contribution >= 0.6 is 0 Å². The van der Waals surface area contributed by atoms with E-state index in [-0.39, 0.29) is 12.8 Å². The first-order valence-electron chi connectivity index (χ1n) is 4.72. The maximum absolute atomic E-state index is 10.7. The maximum atomic E-state index is 10.7. The van der Waals surface area contributed by atoms with Crippen LogP contribution in [-0.4, -0.2) is 46.4 Å². The lowest BCUT2D eigenvalue weighted by Crippen LogP contribution is -2.47. The summed E-state index contributed by atoms with van der Waals surface area (Å²) in [6, 6.07) is 0. The standard InChI is InChI=1S/C8H15NO7S/c9-8(3-1-6(10)11,4-2-7(12)13)5-17(14,15)16/h1-5,9H2,(H,10,11)(H,12,13)(H,14,15,16). The number of nitrogens with two attached hydrogens (primary N) is 1. The summed E-state index contributed by atoms with van der Waals surface area (Å²) in [7, 11) is -4.39. The quantitative estimate of drug-likeness (QED) is 0.421. The van der Waals surface area contributed by atoms with E-state index in [4.69, 9.17) is 20.5 Å². The zero-order valence-electron chi connectivity index (χ0n) is 9.00. The molecule has 9 heteroatoms. The van der Waals surface area contributed by atoms with Crippen LogP contribution in [0.4, 0.5) is 0 Å². The third kappa shape index (κ3) is 8.60. The molecule has 0 saturated heterocycles. The smallest absolute Gasteiger partial charge is 0.303 e. The molecule has 0 aliphatic carbocycles. The lowest BCUT2D eigenvalue weighted by Gasteiger charge is -2.26. The molecule has 0 bridgehead atoms. The summed E-state index contributed by atoms with van der Waals surface area (Å²) < 4.78 is 30.1. The average Bonchev–Trinajstić information content (AvgIpc) is 2.09. The Balaban J connectivity index is 4.67. The second-order valence-corrected chi connectivity index (χ2v) is 5.33. The Bertz CT molecular complexity index is 371. The zero-order valence-corrected chi connectivity index (χ0v) is 9.81. The van der Waals surface area contributed by atoms with E-state index >= 15 is 0 Å². The van der Waals surface area contributed by atoms with Gasteiger partial charge in [0, 0.05) is 18.4 Å². The van der Waals surface area contributed by atoms with Gasteiger partial charge in [-0.2, -0.15) is 8.42 Å². The molecule has 0 aromatic rings. The van der Waals surface area contributed by atoms with Crippen LogP contribution in [0.1, 0.15) is 25.7 Å². The predicted octanol–water partition coefficient (Wildman–Crippen LogP) is -0.699. The van der Waals surface area contributed by atoms with Gasteiger partial charge >= 0.3 is 11.9 Å². The molecule has 0 rings (SSSR count). The minimum atomic E-state index is -4.39. The second kappa shape index (κ2) is 5.94. The highest BCUT2D eigenvalue weighted by Crippen LogP contribution is 2.19. The van der Waals surface area contributed by atoms with Gasteiger partial charge in [0.05, 0.1) is 5.75 Å². The maximum Gasteiger partial charge on any atom is 0.303 e. The lowest BCUT2D eigenvalue weighted by molar-refractivity contribution is -0.137. The molecule has 0 aliphatic heterocycles. The second-order valence-electron chi connectivity index (χ2n) is 3.88. The van der Waals surface area contributed by atoms with E-state index < -0.39 is 46.2 Å². The Morgan fingerprint density at radius 3 is 1.65 bits per heavy atom. The first-order valence-corrected chi connectivity index (χ1v) is 6.33.